The molecule has 2 atom stereocenters. The quantitative estimate of drug-likeness (QED) is 0.932. The molecule has 0 spiro atoms. The summed E-state index contributed by atoms with van der Waals surface area (Å²) in [6, 6.07) is 12.4. The van der Waals surface area contributed by atoms with Gasteiger partial charge in [0.15, 0.2) is 0 Å². The SMILES string of the molecule is CCc1cccnc1C(N)CC1CCOc2ccccc21. The third kappa shape index (κ3) is 2.93. The number of ether oxygens (including phenoxy) is 1. The van der Waals surface area contributed by atoms with Crippen molar-refractivity contribution >= 4 is 0 Å². The number of nitrogens with two attached hydrogens (primary N) is 1. The number of fused-ring (bicyclic) bond motifs is 1. The molecule has 2 N–H and O–H groups in total. The normalized spacial score (nSPS) is 18.7. The van der Waals surface area contributed by atoms with Gasteiger partial charge in [-0.1, -0.05) is 31.2 Å². The topological polar surface area (TPSA) is 48.1 Å². The van der Waals surface area contributed by atoms with Crippen molar-refractivity contribution in [1.29, 1.82) is 0 Å². The molecule has 0 radical (unpaired) electrons. The van der Waals surface area contributed by atoms with Gasteiger partial charge in [0.25, 0.3) is 0 Å². The van der Waals surface area contributed by atoms with E-state index in [0.717, 1.165) is 37.3 Å². The van der Waals surface area contributed by atoms with Gasteiger partial charge < -0.3 is 10.5 Å². The van der Waals surface area contributed by atoms with Crippen molar-refractivity contribution < 1.29 is 4.74 Å². The maximum atomic E-state index is 6.46. The van der Waals surface area contributed by atoms with Crippen molar-refractivity contribution in [2.45, 2.75) is 38.1 Å². The average Bonchev–Trinajstić information content (AvgIpc) is 2.55. The van der Waals surface area contributed by atoms with E-state index in [0.29, 0.717) is 5.92 Å². The predicted octanol–water partition coefficient (Wildman–Crippen LogP) is 3.60. The molecule has 3 rings (SSSR count). The van der Waals surface area contributed by atoms with Crippen LogP contribution in [0, 0.1) is 0 Å². The minimum Gasteiger partial charge on any atom is -0.493 e. The second-order valence-corrected chi connectivity index (χ2v) is 5.62. The molecule has 1 aliphatic rings. The molecule has 21 heavy (non-hydrogen) atoms. The van der Waals surface area contributed by atoms with Gasteiger partial charge in [0.1, 0.15) is 5.75 Å². The van der Waals surface area contributed by atoms with Gasteiger partial charge in [0.2, 0.25) is 0 Å². The van der Waals surface area contributed by atoms with Gasteiger partial charge in [-0.3, -0.25) is 4.98 Å². The van der Waals surface area contributed by atoms with Crippen molar-refractivity contribution in [3.63, 3.8) is 0 Å². The minimum absolute atomic E-state index is 0.0164. The lowest BCUT2D eigenvalue weighted by Gasteiger charge is -2.28. The first kappa shape index (κ1) is 14.1. The van der Waals surface area contributed by atoms with E-state index in [1.54, 1.807) is 0 Å². The highest BCUT2D eigenvalue weighted by molar-refractivity contribution is 5.38. The summed E-state index contributed by atoms with van der Waals surface area (Å²) >= 11 is 0. The molecule has 3 heteroatoms. The standard InChI is InChI=1S/C18H22N2O/c1-2-13-6-5-10-20-18(13)16(19)12-14-9-11-21-17-8-4-3-7-15(14)17/h3-8,10,14,16H,2,9,11-12,19H2,1H3. The molecule has 2 heterocycles. The van der Waals surface area contributed by atoms with Gasteiger partial charge in [-0.05, 0) is 48.4 Å². The van der Waals surface area contributed by atoms with Crippen LogP contribution in [0.25, 0.3) is 0 Å². The Labute approximate surface area is 126 Å². The molecule has 0 aliphatic carbocycles. The summed E-state index contributed by atoms with van der Waals surface area (Å²) in [5.41, 5.74) is 10.0. The highest BCUT2D eigenvalue weighted by Crippen LogP contribution is 2.38. The molecule has 0 saturated carbocycles. The predicted molar refractivity (Wildman–Crippen MR) is 84.5 cm³/mol. The Kier molecular flexibility index (Phi) is 4.20. The number of aromatic nitrogens is 1. The lowest BCUT2D eigenvalue weighted by Crippen LogP contribution is -2.21. The van der Waals surface area contributed by atoms with Crippen LogP contribution in [0.3, 0.4) is 0 Å². The number of pyridine rings is 1. The Balaban J connectivity index is 1.81. The van der Waals surface area contributed by atoms with Crippen LogP contribution in [0.2, 0.25) is 0 Å². The number of nitrogens with zero attached hydrogens (tertiary/aromatic N) is 1. The summed E-state index contributed by atoms with van der Waals surface area (Å²) in [7, 11) is 0. The van der Waals surface area contributed by atoms with Crippen LogP contribution < -0.4 is 10.5 Å². The van der Waals surface area contributed by atoms with Gasteiger partial charge in [-0.15, -0.1) is 0 Å². The molecule has 0 bridgehead atoms. The summed E-state index contributed by atoms with van der Waals surface area (Å²) in [5.74, 6) is 1.47. The smallest absolute Gasteiger partial charge is 0.122 e. The molecule has 0 saturated heterocycles. The molecule has 110 valence electrons. The molecule has 1 aromatic heterocycles. The molecular formula is C18H22N2O. The van der Waals surface area contributed by atoms with Crippen molar-refractivity contribution in [2.24, 2.45) is 5.73 Å². The van der Waals surface area contributed by atoms with E-state index >= 15 is 0 Å². The largest absolute Gasteiger partial charge is 0.493 e. The minimum atomic E-state index is -0.0164. The fourth-order valence-electron chi connectivity index (χ4n) is 3.16. The van der Waals surface area contributed by atoms with Crippen LogP contribution in [0.5, 0.6) is 5.75 Å². The molecule has 2 unspecified atom stereocenters. The summed E-state index contributed by atoms with van der Waals surface area (Å²) in [6.07, 6.45) is 4.76. The number of hydrogen-bond acceptors (Lipinski definition) is 3. The van der Waals surface area contributed by atoms with Gasteiger partial charge in [-0.25, -0.2) is 0 Å². The van der Waals surface area contributed by atoms with E-state index in [1.807, 2.05) is 24.4 Å². The highest BCUT2D eigenvalue weighted by Gasteiger charge is 2.24. The van der Waals surface area contributed by atoms with Crippen LogP contribution in [-0.2, 0) is 6.42 Å². The molecule has 3 nitrogen and oxygen atoms in total. The Hall–Kier alpha value is -1.87. The summed E-state index contributed by atoms with van der Waals surface area (Å²) in [4.78, 5) is 4.51. The van der Waals surface area contributed by atoms with Crippen LogP contribution in [-0.4, -0.2) is 11.6 Å². The first-order chi connectivity index (χ1) is 10.3. The second-order valence-electron chi connectivity index (χ2n) is 5.62. The van der Waals surface area contributed by atoms with Crippen molar-refractivity contribution in [3.8, 4) is 5.75 Å². The fourth-order valence-corrected chi connectivity index (χ4v) is 3.16. The maximum Gasteiger partial charge on any atom is 0.122 e. The summed E-state index contributed by atoms with van der Waals surface area (Å²) in [6.45, 7) is 2.92. The van der Waals surface area contributed by atoms with E-state index in [1.165, 1.54) is 11.1 Å². The lowest BCUT2D eigenvalue weighted by molar-refractivity contribution is 0.258. The Morgan fingerprint density at radius 1 is 1.29 bits per heavy atom. The summed E-state index contributed by atoms with van der Waals surface area (Å²) in [5, 5.41) is 0. The molecule has 1 aromatic carbocycles. The zero-order valence-electron chi connectivity index (χ0n) is 12.5. The maximum absolute atomic E-state index is 6.46. The number of para-hydroxylation sites is 1. The van der Waals surface area contributed by atoms with E-state index in [4.69, 9.17) is 10.5 Å². The van der Waals surface area contributed by atoms with Gasteiger partial charge >= 0.3 is 0 Å². The van der Waals surface area contributed by atoms with Crippen molar-refractivity contribution in [2.75, 3.05) is 6.61 Å². The Morgan fingerprint density at radius 2 is 2.14 bits per heavy atom. The zero-order chi connectivity index (χ0) is 14.7. The zero-order valence-corrected chi connectivity index (χ0v) is 12.5. The molecular weight excluding hydrogens is 260 g/mol. The number of rotatable bonds is 4. The molecule has 2 aromatic rings. The van der Waals surface area contributed by atoms with Gasteiger partial charge in [0.05, 0.1) is 12.3 Å². The lowest BCUT2D eigenvalue weighted by atomic mass is 9.86. The number of aryl methyl sites for hydroxylation is 1. The second kappa shape index (κ2) is 6.27. The molecule has 1 aliphatic heterocycles. The van der Waals surface area contributed by atoms with Gasteiger partial charge in [-0.2, -0.15) is 0 Å². The van der Waals surface area contributed by atoms with E-state index in [-0.39, 0.29) is 6.04 Å². The summed E-state index contributed by atoms with van der Waals surface area (Å²) < 4.78 is 5.73. The van der Waals surface area contributed by atoms with Crippen LogP contribution in [0.4, 0.5) is 0 Å². The van der Waals surface area contributed by atoms with Crippen LogP contribution in [0.1, 0.15) is 48.5 Å². The van der Waals surface area contributed by atoms with E-state index < -0.39 is 0 Å². The Morgan fingerprint density at radius 3 is 3.00 bits per heavy atom. The molecule has 0 amide bonds. The highest BCUT2D eigenvalue weighted by atomic mass is 16.5. The third-order valence-electron chi connectivity index (χ3n) is 4.28. The first-order valence-corrected chi connectivity index (χ1v) is 7.70. The van der Waals surface area contributed by atoms with Crippen molar-refractivity contribution in [3.05, 3.63) is 59.4 Å². The van der Waals surface area contributed by atoms with E-state index in [2.05, 4.69) is 30.1 Å². The monoisotopic (exact) mass is 282 g/mol. The fraction of sp³-hybridized carbons (Fsp3) is 0.389. The van der Waals surface area contributed by atoms with E-state index in [9.17, 15) is 0 Å². The molecule has 0 fully saturated rings. The average molecular weight is 282 g/mol. The third-order valence-corrected chi connectivity index (χ3v) is 4.28. The van der Waals surface area contributed by atoms with Gasteiger partial charge in [0, 0.05) is 12.2 Å². The Bertz CT molecular complexity index is 612. The number of hydrogen-bond donors (Lipinski definition) is 1. The number of benzene rings is 1. The van der Waals surface area contributed by atoms with Crippen LogP contribution in [0.15, 0.2) is 42.6 Å². The van der Waals surface area contributed by atoms with Crippen molar-refractivity contribution in [1.82, 2.24) is 4.98 Å². The first-order valence-electron chi connectivity index (χ1n) is 7.70. The van der Waals surface area contributed by atoms with Crippen LogP contribution >= 0.6 is 0 Å².